The Morgan fingerprint density at radius 2 is 1.68 bits per heavy atom. The molecule has 0 atom stereocenters. The van der Waals surface area contributed by atoms with Crippen molar-refractivity contribution in [1.29, 1.82) is 0 Å². The number of anilines is 2. The highest BCUT2D eigenvalue weighted by Crippen LogP contribution is 2.21. The highest BCUT2D eigenvalue weighted by molar-refractivity contribution is 5.58. The van der Waals surface area contributed by atoms with E-state index in [1.165, 1.54) is 0 Å². The minimum atomic E-state index is 0.766. The summed E-state index contributed by atoms with van der Waals surface area (Å²) in [6.45, 7) is 5.33. The second kappa shape index (κ2) is 6.55. The van der Waals surface area contributed by atoms with Gasteiger partial charge in [0.2, 0.25) is 0 Å². The molecule has 10 nitrogen and oxygen atoms in total. The van der Waals surface area contributed by atoms with Crippen molar-refractivity contribution in [2.75, 3.05) is 36.0 Å². The highest BCUT2D eigenvalue weighted by atomic mass is 15.4. The third-order valence-corrected chi connectivity index (χ3v) is 4.95. The Kier molecular flexibility index (Phi) is 3.89. The van der Waals surface area contributed by atoms with Gasteiger partial charge in [-0.15, -0.1) is 15.3 Å². The van der Waals surface area contributed by atoms with E-state index in [1.54, 1.807) is 21.6 Å². The van der Waals surface area contributed by atoms with Gasteiger partial charge in [0.1, 0.15) is 11.6 Å². The van der Waals surface area contributed by atoms with Gasteiger partial charge < -0.3 is 9.80 Å². The van der Waals surface area contributed by atoms with E-state index in [9.17, 15) is 0 Å². The normalized spacial score (nSPS) is 14.8. The summed E-state index contributed by atoms with van der Waals surface area (Å²) >= 11 is 0. The Bertz CT molecular complexity index is 1120. The third-order valence-electron chi connectivity index (χ3n) is 4.95. The number of nitrogens with zero attached hydrogens (tertiary/aromatic N) is 10. The van der Waals surface area contributed by atoms with E-state index in [2.05, 4.69) is 35.2 Å². The van der Waals surface area contributed by atoms with E-state index in [4.69, 9.17) is 4.98 Å². The van der Waals surface area contributed by atoms with Gasteiger partial charge in [-0.1, -0.05) is 0 Å². The number of hydrogen-bond acceptors (Lipinski definition) is 8. The van der Waals surface area contributed by atoms with Crippen molar-refractivity contribution >= 4 is 17.3 Å². The maximum atomic E-state index is 4.78. The molecule has 28 heavy (non-hydrogen) atoms. The molecule has 0 radical (unpaired) electrons. The Morgan fingerprint density at radius 1 is 0.893 bits per heavy atom. The zero-order valence-electron chi connectivity index (χ0n) is 15.8. The van der Waals surface area contributed by atoms with Crippen LogP contribution in [0.4, 0.5) is 11.6 Å². The first-order valence-electron chi connectivity index (χ1n) is 9.17. The van der Waals surface area contributed by atoms with Crippen LogP contribution in [0, 0.1) is 6.92 Å². The zero-order valence-corrected chi connectivity index (χ0v) is 15.8. The van der Waals surface area contributed by atoms with Crippen molar-refractivity contribution in [3.63, 3.8) is 0 Å². The Hall–Kier alpha value is -3.56. The molecule has 0 aromatic carbocycles. The fraction of sp³-hybridized carbons (Fsp3) is 0.333. The standard InChI is InChI=1S/C18H20N10/c1-13-22-23-16-3-4-17(24-28(13)16)26-5-7-27(8-6-26)18-11-19-10-15(21-18)14-9-20-25(2)12-14/h3-4,9-12H,5-8H2,1-2H3. The van der Waals surface area contributed by atoms with Gasteiger partial charge in [-0.25, -0.2) is 4.98 Å². The summed E-state index contributed by atoms with van der Waals surface area (Å²) in [6.07, 6.45) is 7.35. The van der Waals surface area contributed by atoms with Crippen LogP contribution in [-0.4, -0.2) is 65.7 Å². The van der Waals surface area contributed by atoms with Crippen LogP contribution in [0.3, 0.4) is 0 Å². The lowest BCUT2D eigenvalue weighted by Crippen LogP contribution is -2.47. The maximum Gasteiger partial charge on any atom is 0.178 e. The molecule has 4 aromatic rings. The van der Waals surface area contributed by atoms with Gasteiger partial charge in [-0.05, 0) is 19.1 Å². The molecule has 5 heterocycles. The van der Waals surface area contributed by atoms with Gasteiger partial charge in [-0.3, -0.25) is 9.67 Å². The van der Waals surface area contributed by atoms with Gasteiger partial charge in [0, 0.05) is 45.0 Å². The largest absolute Gasteiger partial charge is 0.352 e. The van der Waals surface area contributed by atoms with Crippen LogP contribution in [0.15, 0.2) is 36.9 Å². The quantitative estimate of drug-likeness (QED) is 0.522. The molecule has 0 aliphatic carbocycles. The molecule has 0 unspecified atom stereocenters. The van der Waals surface area contributed by atoms with Gasteiger partial charge >= 0.3 is 0 Å². The van der Waals surface area contributed by atoms with Gasteiger partial charge in [0.25, 0.3) is 0 Å². The molecule has 142 valence electrons. The Labute approximate surface area is 161 Å². The lowest BCUT2D eigenvalue weighted by atomic mass is 10.2. The first kappa shape index (κ1) is 16.6. The predicted molar refractivity (Wildman–Crippen MR) is 104 cm³/mol. The lowest BCUT2D eigenvalue weighted by molar-refractivity contribution is 0.634. The molecule has 1 saturated heterocycles. The molecule has 5 rings (SSSR count). The molecule has 0 bridgehead atoms. The molecule has 0 saturated carbocycles. The van der Waals surface area contributed by atoms with E-state index in [1.807, 2.05) is 38.5 Å². The van der Waals surface area contributed by atoms with E-state index in [0.29, 0.717) is 0 Å². The summed E-state index contributed by atoms with van der Waals surface area (Å²) in [4.78, 5) is 13.7. The molecule has 1 fully saturated rings. The second-order valence-corrected chi connectivity index (χ2v) is 6.85. The lowest BCUT2D eigenvalue weighted by Gasteiger charge is -2.35. The predicted octanol–water partition coefficient (Wildman–Crippen LogP) is 0.950. The van der Waals surface area contributed by atoms with Crippen LogP contribution >= 0.6 is 0 Å². The first-order valence-corrected chi connectivity index (χ1v) is 9.17. The number of aryl methyl sites for hydroxylation is 2. The summed E-state index contributed by atoms with van der Waals surface area (Å²) in [5.74, 6) is 2.61. The van der Waals surface area contributed by atoms with Gasteiger partial charge in [-0.2, -0.15) is 9.61 Å². The van der Waals surface area contributed by atoms with Crippen LogP contribution in [0.5, 0.6) is 0 Å². The first-order chi connectivity index (χ1) is 13.7. The summed E-state index contributed by atoms with van der Waals surface area (Å²) in [7, 11) is 1.90. The highest BCUT2D eigenvalue weighted by Gasteiger charge is 2.20. The van der Waals surface area contributed by atoms with Crippen LogP contribution in [0.2, 0.25) is 0 Å². The number of aromatic nitrogens is 8. The fourth-order valence-corrected chi connectivity index (χ4v) is 3.42. The molecular formula is C18H20N10. The monoisotopic (exact) mass is 376 g/mol. The van der Waals surface area contributed by atoms with Crippen molar-refractivity contribution in [2.24, 2.45) is 7.05 Å². The Balaban J connectivity index is 1.32. The molecular weight excluding hydrogens is 356 g/mol. The molecule has 10 heteroatoms. The molecule has 1 aliphatic heterocycles. The molecule has 1 aliphatic rings. The summed E-state index contributed by atoms with van der Waals surface area (Å²) in [5, 5.41) is 17.1. The minimum absolute atomic E-state index is 0.766. The summed E-state index contributed by atoms with van der Waals surface area (Å²) < 4.78 is 3.55. The van der Waals surface area contributed by atoms with Crippen LogP contribution in [-0.2, 0) is 7.05 Å². The fourth-order valence-electron chi connectivity index (χ4n) is 3.42. The Morgan fingerprint density at radius 3 is 2.43 bits per heavy atom. The van der Waals surface area contributed by atoms with Crippen molar-refractivity contribution in [3.05, 3.63) is 42.7 Å². The molecule has 0 N–H and O–H groups in total. The van der Waals surface area contributed by atoms with Crippen molar-refractivity contribution in [3.8, 4) is 11.3 Å². The average molecular weight is 376 g/mol. The summed E-state index contributed by atoms with van der Waals surface area (Å²) in [6, 6.07) is 3.96. The van der Waals surface area contributed by atoms with E-state index in [0.717, 1.165) is 60.5 Å². The van der Waals surface area contributed by atoms with E-state index in [-0.39, 0.29) is 0 Å². The average Bonchev–Trinajstić information content (AvgIpc) is 3.34. The zero-order chi connectivity index (χ0) is 19.1. The van der Waals surface area contributed by atoms with Crippen molar-refractivity contribution in [1.82, 2.24) is 39.6 Å². The molecule has 0 spiro atoms. The van der Waals surface area contributed by atoms with Crippen molar-refractivity contribution < 1.29 is 0 Å². The number of rotatable bonds is 3. The summed E-state index contributed by atoms with van der Waals surface area (Å²) in [5.41, 5.74) is 2.57. The SMILES string of the molecule is Cc1nnc2ccc(N3CCN(c4cncc(-c5cnn(C)c5)n4)CC3)nn12. The third kappa shape index (κ3) is 2.92. The topological polar surface area (TPSA) is 93.2 Å². The van der Waals surface area contributed by atoms with Gasteiger partial charge in [0.15, 0.2) is 11.5 Å². The van der Waals surface area contributed by atoms with E-state index < -0.39 is 0 Å². The number of piperazine rings is 1. The van der Waals surface area contributed by atoms with E-state index >= 15 is 0 Å². The second-order valence-electron chi connectivity index (χ2n) is 6.85. The number of hydrogen-bond donors (Lipinski definition) is 0. The van der Waals surface area contributed by atoms with Crippen LogP contribution in [0.25, 0.3) is 16.9 Å². The maximum absolute atomic E-state index is 4.78. The van der Waals surface area contributed by atoms with Crippen molar-refractivity contribution in [2.45, 2.75) is 6.92 Å². The van der Waals surface area contributed by atoms with Crippen LogP contribution < -0.4 is 9.80 Å². The molecule has 4 aromatic heterocycles. The smallest absolute Gasteiger partial charge is 0.178 e. The molecule has 0 amide bonds. The van der Waals surface area contributed by atoms with Gasteiger partial charge in [0.05, 0.1) is 24.3 Å². The van der Waals surface area contributed by atoms with Crippen LogP contribution in [0.1, 0.15) is 5.82 Å². The number of fused-ring (bicyclic) bond motifs is 1. The minimum Gasteiger partial charge on any atom is -0.352 e.